The van der Waals surface area contributed by atoms with E-state index in [-0.39, 0.29) is 36.0 Å². The zero-order chi connectivity index (χ0) is 24.9. The van der Waals surface area contributed by atoms with Crippen molar-refractivity contribution in [3.8, 4) is 5.69 Å². The van der Waals surface area contributed by atoms with Crippen molar-refractivity contribution in [3.05, 3.63) is 76.7 Å². The van der Waals surface area contributed by atoms with E-state index in [1.807, 2.05) is 45.9 Å². The molecule has 2 aromatic carbocycles. The lowest BCUT2D eigenvalue weighted by Gasteiger charge is -2.22. The molecule has 0 aliphatic rings. The summed E-state index contributed by atoms with van der Waals surface area (Å²) in [5.74, 6) is -0.353. The number of rotatable bonds is 8. The number of carbonyl (C=O) groups excluding carboxylic acids is 2. The van der Waals surface area contributed by atoms with Gasteiger partial charge in [0.05, 0.1) is 24.3 Å². The van der Waals surface area contributed by atoms with Gasteiger partial charge in [-0.2, -0.15) is 5.10 Å². The molecule has 0 saturated carbocycles. The van der Waals surface area contributed by atoms with Crippen molar-refractivity contribution in [2.75, 3.05) is 18.4 Å². The molecule has 0 radical (unpaired) electrons. The average molecular weight is 485 g/mol. The lowest BCUT2D eigenvalue weighted by molar-refractivity contribution is -0.134. The summed E-state index contributed by atoms with van der Waals surface area (Å²) in [6, 6.07) is 14.8. The maximum atomic E-state index is 13.2. The summed E-state index contributed by atoms with van der Waals surface area (Å²) in [6.07, 6.45) is 0.809. The Labute approximate surface area is 204 Å². The number of nitrogens with one attached hydrogen (secondary N) is 1. The second-order valence-corrected chi connectivity index (χ2v) is 9.66. The molecule has 3 aromatic rings. The van der Waals surface area contributed by atoms with Gasteiger partial charge in [-0.15, -0.1) is 0 Å². The van der Waals surface area contributed by atoms with Crippen LogP contribution in [0.3, 0.4) is 0 Å². The fourth-order valence-corrected chi connectivity index (χ4v) is 3.55. The lowest BCUT2D eigenvalue weighted by Crippen LogP contribution is -2.39. The number of nitrogens with zero attached hydrogens (tertiary/aromatic N) is 3. The van der Waals surface area contributed by atoms with Crippen LogP contribution in [-0.4, -0.2) is 39.6 Å². The fourth-order valence-electron chi connectivity index (χ4n) is 3.42. The van der Waals surface area contributed by atoms with Gasteiger partial charge in [0.2, 0.25) is 11.8 Å². The Morgan fingerprint density at radius 3 is 2.32 bits per heavy atom. The summed E-state index contributed by atoms with van der Waals surface area (Å²) in [4.78, 5) is 27.4. The molecule has 0 bridgehead atoms. The molecule has 6 nitrogen and oxygen atoms in total. The van der Waals surface area contributed by atoms with Crippen LogP contribution >= 0.6 is 11.6 Å². The van der Waals surface area contributed by atoms with Crippen LogP contribution in [-0.2, 0) is 21.4 Å². The molecule has 180 valence electrons. The van der Waals surface area contributed by atoms with Crippen LogP contribution in [0, 0.1) is 5.82 Å². The normalized spacial score (nSPS) is 11.4. The third-order valence-electron chi connectivity index (χ3n) is 5.27. The molecule has 8 heteroatoms. The van der Waals surface area contributed by atoms with Crippen molar-refractivity contribution in [2.45, 2.75) is 46.0 Å². The predicted molar refractivity (Wildman–Crippen MR) is 133 cm³/mol. The van der Waals surface area contributed by atoms with Gasteiger partial charge in [-0.05, 0) is 48.4 Å². The summed E-state index contributed by atoms with van der Waals surface area (Å²) < 4.78 is 14.8. The van der Waals surface area contributed by atoms with E-state index in [4.69, 9.17) is 16.7 Å². The first-order valence-corrected chi connectivity index (χ1v) is 11.6. The van der Waals surface area contributed by atoms with Crippen molar-refractivity contribution in [1.82, 2.24) is 14.7 Å². The van der Waals surface area contributed by atoms with E-state index in [2.05, 4.69) is 5.32 Å². The molecular formula is C26H30ClFN4O2. The van der Waals surface area contributed by atoms with E-state index in [1.54, 1.807) is 28.9 Å². The van der Waals surface area contributed by atoms with Gasteiger partial charge in [0.15, 0.2) is 0 Å². The molecule has 34 heavy (non-hydrogen) atoms. The molecule has 1 heterocycles. The predicted octanol–water partition coefficient (Wildman–Crippen LogP) is 5.38. The zero-order valence-corrected chi connectivity index (χ0v) is 20.7. The molecular weight excluding hydrogens is 455 g/mol. The molecule has 0 aliphatic heterocycles. The molecule has 0 unspecified atom stereocenters. The van der Waals surface area contributed by atoms with Gasteiger partial charge in [-0.25, -0.2) is 9.07 Å². The molecule has 0 aliphatic carbocycles. The van der Waals surface area contributed by atoms with E-state index < -0.39 is 0 Å². The minimum absolute atomic E-state index is 0.0927. The van der Waals surface area contributed by atoms with Crippen LogP contribution in [0.4, 0.5) is 10.2 Å². The molecule has 1 aromatic heterocycles. The second-order valence-electron chi connectivity index (χ2n) is 9.22. The van der Waals surface area contributed by atoms with Crippen molar-refractivity contribution in [1.29, 1.82) is 0 Å². The van der Waals surface area contributed by atoms with Gasteiger partial charge in [0.1, 0.15) is 11.6 Å². The molecule has 2 amide bonds. The number of hydrogen-bond donors (Lipinski definition) is 1. The summed E-state index contributed by atoms with van der Waals surface area (Å²) in [7, 11) is 0. The minimum atomic E-state index is -0.354. The van der Waals surface area contributed by atoms with Crippen molar-refractivity contribution < 1.29 is 14.0 Å². The van der Waals surface area contributed by atoms with E-state index in [0.717, 1.165) is 11.4 Å². The highest BCUT2D eigenvalue weighted by atomic mass is 35.5. The summed E-state index contributed by atoms with van der Waals surface area (Å²) >= 11 is 6.03. The molecule has 3 rings (SSSR count). The van der Waals surface area contributed by atoms with E-state index in [9.17, 15) is 14.0 Å². The monoisotopic (exact) mass is 484 g/mol. The molecule has 0 saturated heterocycles. The smallest absolute Gasteiger partial charge is 0.245 e. The number of hydrogen-bond acceptors (Lipinski definition) is 3. The van der Waals surface area contributed by atoms with Crippen LogP contribution in [0.5, 0.6) is 0 Å². The molecule has 0 fully saturated rings. The maximum Gasteiger partial charge on any atom is 0.245 e. The third-order valence-corrected chi connectivity index (χ3v) is 5.52. The highest BCUT2D eigenvalue weighted by Crippen LogP contribution is 2.27. The first kappa shape index (κ1) is 25.4. The van der Waals surface area contributed by atoms with Crippen molar-refractivity contribution in [3.63, 3.8) is 0 Å². The number of carbonyl (C=O) groups is 2. The number of anilines is 1. The Hall–Kier alpha value is -3.19. The fraction of sp³-hybridized carbons (Fsp3) is 0.346. The highest BCUT2D eigenvalue weighted by Gasteiger charge is 2.23. The zero-order valence-electron chi connectivity index (χ0n) is 19.9. The summed E-state index contributed by atoms with van der Waals surface area (Å²) in [5.41, 5.74) is 2.04. The van der Waals surface area contributed by atoms with E-state index in [0.29, 0.717) is 29.4 Å². The Bertz CT molecular complexity index is 1140. The van der Waals surface area contributed by atoms with Gasteiger partial charge < -0.3 is 10.2 Å². The van der Waals surface area contributed by atoms with Gasteiger partial charge in [0, 0.05) is 23.0 Å². The quantitative estimate of drug-likeness (QED) is 0.466. The van der Waals surface area contributed by atoms with E-state index in [1.165, 1.54) is 17.0 Å². The maximum absolute atomic E-state index is 13.2. The largest absolute Gasteiger partial charge is 0.333 e. The lowest BCUT2D eigenvalue weighted by atomic mass is 9.92. The first-order valence-electron chi connectivity index (χ1n) is 11.3. The van der Waals surface area contributed by atoms with Gasteiger partial charge >= 0.3 is 0 Å². The highest BCUT2D eigenvalue weighted by molar-refractivity contribution is 6.30. The Morgan fingerprint density at radius 1 is 1.09 bits per heavy atom. The van der Waals surface area contributed by atoms with Gasteiger partial charge in [-0.3, -0.25) is 9.59 Å². The first-order chi connectivity index (χ1) is 16.1. The van der Waals surface area contributed by atoms with Crippen molar-refractivity contribution >= 4 is 29.2 Å². The van der Waals surface area contributed by atoms with Crippen LogP contribution in [0.15, 0.2) is 54.6 Å². The molecule has 0 atom stereocenters. The second kappa shape index (κ2) is 10.8. The van der Waals surface area contributed by atoms with Gasteiger partial charge in [-0.1, -0.05) is 51.4 Å². The molecule has 1 N–H and O–H groups in total. The van der Waals surface area contributed by atoms with E-state index >= 15 is 0 Å². The van der Waals surface area contributed by atoms with Gasteiger partial charge in [0.25, 0.3) is 0 Å². The Morgan fingerprint density at radius 2 is 1.74 bits per heavy atom. The Balaban J connectivity index is 1.78. The number of benzene rings is 2. The van der Waals surface area contributed by atoms with Crippen molar-refractivity contribution in [2.24, 2.45) is 0 Å². The SMILES string of the molecule is CCCN(CC(=O)Nc1cc(C(C)(C)C)nn1-c1ccc(Cl)cc1)C(=O)Cc1ccc(F)cc1. The Kier molecular flexibility index (Phi) is 8.10. The van der Waals surface area contributed by atoms with Crippen LogP contribution in [0.25, 0.3) is 5.69 Å². The topological polar surface area (TPSA) is 67.2 Å². The number of halogens is 2. The summed E-state index contributed by atoms with van der Waals surface area (Å²) in [5, 5.41) is 8.22. The molecule has 0 spiro atoms. The average Bonchev–Trinajstić information content (AvgIpc) is 3.19. The van der Waals surface area contributed by atoms with Crippen LogP contribution < -0.4 is 5.32 Å². The summed E-state index contributed by atoms with van der Waals surface area (Å²) in [6.45, 7) is 8.43. The van der Waals surface area contributed by atoms with Crippen LogP contribution in [0.1, 0.15) is 45.4 Å². The number of aromatic nitrogens is 2. The minimum Gasteiger partial charge on any atom is -0.333 e. The third kappa shape index (κ3) is 6.67. The standard InChI is InChI=1S/C26H30ClFN4O2/c1-5-14-31(25(34)15-18-6-10-20(28)11-7-18)17-24(33)29-23-16-22(26(2,3)4)30-32(23)21-12-8-19(27)9-13-21/h6-13,16H,5,14-15,17H2,1-4H3,(H,29,33). The van der Waals surface area contributed by atoms with Crippen LogP contribution in [0.2, 0.25) is 5.02 Å². The number of amides is 2.